The number of aliphatic hydroxyl groups excluding tert-OH is 1. The molecule has 1 aromatic rings. The van der Waals surface area contributed by atoms with Crippen LogP contribution in [0.3, 0.4) is 0 Å². The van der Waals surface area contributed by atoms with Crippen molar-refractivity contribution >= 4 is 6.09 Å². The van der Waals surface area contributed by atoms with Crippen LogP contribution in [-0.4, -0.2) is 35.8 Å². The zero-order valence-corrected chi connectivity index (χ0v) is 10.1. The van der Waals surface area contributed by atoms with Crippen molar-refractivity contribution in [3.05, 3.63) is 35.9 Å². The first-order chi connectivity index (χ1) is 8.27. The van der Waals surface area contributed by atoms with Gasteiger partial charge < -0.3 is 14.7 Å². The molecule has 1 N–H and O–H groups in total. The lowest BCUT2D eigenvalue weighted by atomic mass is 10.2. The molecule has 0 radical (unpaired) electrons. The molecular weight excluding hydrogens is 218 g/mol. The Kier molecular flexibility index (Phi) is 6.10. The molecule has 0 unspecified atom stereocenters. The van der Waals surface area contributed by atoms with E-state index >= 15 is 0 Å². The van der Waals surface area contributed by atoms with Gasteiger partial charge in [0.05, 0.1) is 0 Å². The third-order valence-corrected chi connectivity index (χ3v) is 2.43. The van der Waals surface area contributed by atoms with Gasteiger partial charge in [0.1, 0.15) is 6.61 Å². The van der Waals surface area contributed by atoms with E-state index in [0.29, 0.717) is 19.5 Å². The minimum atomic E-state index is -0.329. The van der Waals surface area contributed by atoms with Gasteiger partial charge in [0, 0.05) is 19.7 Å². The van der Waals surface area contributed by atoms with Gasteiger partial charge in [0.25, 0.3) is 0 Å². The van der Waals surface area contributed by atoms with Crippen LogP contribution < -0.4 is 0 Å². The zero-order valence-electron chi connectivity index (χ0n) is 10.1. The molecule has 0 aliphatic rings. The molecule has 0 spiro atoms. The summed E-state index contributed by atoms with van der Waals surface area (Å²) >= 11 is 0. The normalized spacial score (nSPS) is 10.0. The molecule has 1 rings (SSSR count). The molecule has 0 aliphatic heterocycles. The van der Waals surface area contributed by atoms with Gasteiger partial charge >= 0.3 is 6.09 Å². The fourth-order valence-corrected chi connectivity index (χ4v) is 1.45. The predicted octanol–water partition coefficient (Wildman–Crippen LogP) is 2.03. The van der Waals surface area contributed by atoms with E-state index in [9.17, 15) is 4.79 Å². The third-order valence-electron chi connectivity index (χ3n) is 2.43. The van der Waals surface area contributed by atoms with Crippen LogP contribution in [0.1, 0.15) is 18.9 Å². The SMILES string of the molecule is CCN(CCCO)C(=O)OCc1ccccc1. The van der Waals surface area contributed by atoms with Crippen LogP contribution in [0, 0.1) is 0 Å². The molecule has 0 aliphatic carbocycles. The van der Waals surface area contributed by atoms with E-state index in [4.69, 9.17) is 9.84 Å². The molecule has 0 heterocycles. The summed E-state index contributed by atoms with van der Waals surface area (Å²) in [5, 5.41) is 8.72. The minimum Gasteiger partial charge on any atom is -0.445 e. The van der Waals surface area contributed by atoms with Gasteiger partial charge in [0.2, 0.25) is 0 Å². The maximum absolute atomic E-state index is 11.7. The number of ether oxygens (including phenoxy) is 1. The van der Waals surface area contributed by atoms with Crippen molar-refractivity contribution in [1.82, 2.24) is 4.90 Å². The van der Waals surface area contributed by atoms with Crippen LogP contribution in [0.25, 0.3) is 0 Å². The Hall–Kier alpha value is -1.55. The number of aliphatic hydroxyl groups is 1. The third kappa shape index (κ3) is 4.87. The molecule has 0 saturated heterocycles. The Morgan fingerprint density at radius 2 is 2.06 bits per heavy atom. The quantitative estimate of drug-likeness (QED) is 0.823. The molecule has 1 amide bonds. The summed E-state index contributed by atoms with van der Waals surface area (Å²) in [5.74, 6) is 0. The van der Waals surface area contributed by atoms with Gasteiger partial charge in [-0.3, -0.25) is 0 Å². The lowest BCUT2D eigenvalue weighted by Gasteiger charge is -2.19. The monoisotopic (exact) mass is 237 g/mol. The van der Waals surface area contributed by atoms with Crippen molar-refractivity contribution < 1.29 is 14.6 Å². The molecule has 0 saturated carbocycles. The largest absolute Gasteiger partial charge is 0.445 e. The molecule has 4 heteroatoms. The van der Waals surface area contributed by atoms with E-state index < -0.39 is 0 Å². The fraction of sp³-hybridized carbons (Fsp3) is 0.462. The van der Waals surface area contributed by atoms with Crippen molar-refractivity contribution in [1.29, 1.82) is 0 Å². The Morgan fingerprint density at radius 3 is 2.65 bits per heavy atom. The first-order valence-corrected chi connectivity index (χ1v) is 5.84. The summed E-state index contributed by atoms with van der Waals surface area (Å²) < 4.78 is 5.18. The summed E-state index contributed by atoms with van der Waals surface area (Å²) in [5.41, 5.74) is 0.971. The highest BCUT2D eigenvalue weighted by atomic mass is 16.6. The summed E-state index contributed by atoms with van der Waals surface area (Å²) in [6.45, 7) is 3.38. The van der Waals surface area contributed by atoms with Crippen LogP contribution in [0.2, 0.25) is 0 Å². The van der Waals surface area contributed by atoms with E-state index in [1.165, 1.54) is 0 Å². The molecular formula is C13H19NO3. The minimum absolute atomic E-state index is 0.0858. The number of rotatable bonds is 6. The first kappa shape index (κ1) is 13.5. The highest BCUT2D eigenvalue weighted by molar-refractivity contribution is 5.67. The van der Waals surface area contributed by atoms with Crippen LogP contribution in [-0.2, 0) is 11.3 Å². The van der Waals surface area contributed by atoms with E-state index in [1.807, 2.05) is 37.3 Å². The molecule has 0 fully saturated rings. The number of nitrogens with zero attached hydrogens (tertiary/aromatic N) is 1. The van der Waals surface area contributed by atoms with Gasteiger partial charge in [0.15, 0.2) is 0 Å². The van der Waals surface area contributed by atoms with Gasteiger partial charge in [-0.2, -0.15) is 0 Å². The lowest BCUT2D eigenvalue weighted by Crippen LogP contribution is -2.32. The summed E-state index contributed by atoms with van der Waals surface area (Å²) in [6, 6.07) is 9.57. The average molecular weight is 237 g/mol. The van der Waals surface area contributed by atoms with Crippen molar-refractivity contribution in [2.45, 2.75) is 20.0 Å². The van der Waals surface area contributed by atoms with Gasteiger partial charge in [-0.15, -0.1) is 0 Å². The maximum Gasteiger partial charge on any atom is 0.410 e. The summed E-state index contributed by atoms with van der Waals surface area (Å²) in [6.07, 6.45) is 0.249. The van der Waals surface area contributed by atoms with E-state index in [2.05, 4.69) is 0 Å². The Labute approximate surface area is 102 Å². The second-order valence-electron chi connectivity index (χ2n) is 3.70. The molecule has 17 heavy (non-hydrogen) atoms. The zero-order chi connectivity index (χ0) is 12.5. The van der Waals surface area contributed by atoms with E-state index in [0.717, 1.165) is 5.56 Å². The van der Waals surface area contributed by atoms with Crippen LogP contribution >= 0.6 is 0 Å². The highest BCUT2D eigenvalue weighted by Crippen LogP contribution is 2.03. The second-order valence-corrected chi connectivity index (χ2v) is 3.70. The molecule has 0 bridgehead atoms. The maximum atomic E-state index is 11.7. The van der Waals surface area contributed by atoms with Crippen LogP contribution in [0.4, 0.5) is 4.79 Å². The van der Waals surface area contributed by atoms with E-state index in [1.54, 1.807) is 4.90 Å². The number of carbonyl (C=O) groups is 1. The molecule has 94 valence electrons. The summed E-state index contributed by atoms with van der Waals surface area (Å²) in [7, 11) is 0. The first-order valence-electron chi connectivity index (χ1n) is 5.84. The molecule has 4 nitrogen and oxygen atoms in total. The molecule has 1 aromatic carbocycles. The Morgan fingerprint density at radius 1 is 1.35 bits per heavy atom. The van der Waals surface area contributed by atoms with Crippen molar-refractivity contribution in [2.24, 2.45) is 0 Å². The van der Waals surface area contributed by atoms with Crippen molar-refractivity contribution in [3.63, 3.8) is 0 Å². The molecule has 0 atom stereocenters. The lowest BCUT2D eigenvalue weighted by molar-refractivity contribution is 0.0955. The predicted molar refractivity (Wildman–Crippen MR) is 65.6 cm³/mol. The number of hydrogen-bond acceptors (Lipinski definition) is 3. The highest BCUT2D eigenvalue weighted by Gasteiger charge is 2.12. The average Bonchev–Trinajstić information content (AvgIpc) is 2.38. The van der Waals surface area contributed by atoms with E-state index in [-0.39, 0.29) is 19.3 Å². The Balaban J connectivity index is 2.37. The number of amides is 1. The fourth-order valence-electron chi connectivity index (χ4n) is 1.45. The topological polar surface area (TPSA) is 49.8 Å². The van der Waals surface area contributed by atoms with Gasteiger partial charge in [-0.1, -0.05) is 30.3 Å². The van der Waals surface area contributed by atoms with Gasteiger partial charge in [-0.05, 0) is 18.9 Å². The standard InChI is InChI=1S/C13H19NO3/c1-2-14(9-6-10-15)13(16)17-11-12-7-4-3-5-8-12/h3-5,7-8,15H,2,6,9-11H2,1H3. The number of benzene rings is 1. The smallest absolute Gasteiger partial charge is 0.410 e. The number of hydrogen-bond donors (Lipinski definition) is 1. The summed E-state index contributed by atoms with van der Waals surface area (Å²) in [4.78, 5) is 13.3. The van der Waals surface area contributed by atoms with Crippen molar-refractivity contribution in [3.8, 4) is 0 Å². The van der Waals surface area contributed by atoms with Crippen molar-refractivity contribution in [2.75, 3.05) is 19.7 Å². The second kappa shape index (κ2) is 7.68. The Bertz CT molecular complexity index is 327. The van der Waals surface area contributed by atoms with Crippen LogP contribution in [0.15, 0.2) is 30.3 Å². The van der Waals surface area contributed by atoms with Crippen LogP contribution in [0.5, 0.6) is 0 Å². The van der Waals surface area contributed by atoms with Gasteiger partial charge in [-0.25, -0.2) is 4.79 Å². The molecule has 0 aromatic heterocycles. The number of carbonyl (C=O) groups excluding carboxylic acids is 1.